The van der Waals surface area contributed by atoms with Crippen LogP contribution in [0.5, 0.6) is 0 Å². The van der Waals surface area contributed by atoms with Gasteiger partial charge in [-0.1, -0.05) is 99.4 Å². The highest BCUT2D eigenvalue weighted by molar-refractivity contribution is 5.49. The molecular formula is C38H65NO5. The average molecular weight is 616 g/mol. The van der Waals surface area contributed by atoms with Gasteiger partial charge in [0.05, 0.1) is 13.2 Å². The summed E-state index contributed by atoms with van der Waals surface area (Å²) in [5.74, 6) is 6.85. The molecule has 2 aliphatic rings. The number of nitrogens with zero attached hydrogens (tertiary/aromatic N) is 1. The van der Waals surface area contributed by atoms with Gasteiger partial charge in [0.15, 0.2) is 0 Å². The van der Waals surface area contributed by atoms with Crippen LogP contribution in [-0.4, -0.2) is 38.1 Å². The van der Waals surface area contributed by atoms with Gasteiger partial charge >= 0.3 is 0 Å². The van der Waals surface area contributed by atoms with Crippen molar-refractivity contribution < 1.29 is 19.4 Å². The fourth-order valence-electron chi connectivity index (χ4n) is 4.27. The highest BCUT2D eigenvalue weighted by atomic mass is 16.5. The fourth-order valence-corrected chi connectivity index (χ4v) is 4.27. The van der Waals surface area contributed by atoms with Crippen LogP contribution in [0.15, 0.2) is 41.1 Å². The third kappa shape index (κ3) is 46.0. The monoisotopic (exact) mass is 615 g/mol. The van der Waals surface area contributed by atoms with E-state index < -0.39 is 0 Å². The number of aldehydes is 1. The molecule has 0 heterocycles. The lowest BCUT2D eigenvalue weighted by atomic mass is 9.97. The number of carboxylic acid groups (broad SMARTS) is 1. The molecular weight excluding hydrogens is 550 g/mol. The molecule has 2 rings (SSSR count). The van der Waals surface area contributed by atoms with E-state index in [-0.39, 0.29) is 6.47 Å². The second-order valence-electron chi connectivity index (χ2n) is 10.8. The lowest BCUT2D eigenvalue weighted by Gasteiger charge is -2.09. The summed E-state index contributed by atoms with van der Waals surface area (Å²) in [6.07, 6.45) is 43.9. The predicted molar refractivity (Wildman–Crippen MR) is 189 cm³/mol. The van der Waals surface area contributed by atoms with Crippen LogP contribution < -0.4 is 0 Å². The molecule has 1 saturated carbocycles. The summed E-state index contributed by atoms with van der Waals surface area (Å²) in [7, 11) is 2.89. The molecule has 0 aliphatic heterocycles. The Hall–Kier alpha value is -2.96. The van der Waals surface area contributed by atoms with Gasteiger partial charge in [-0.05, 0) is 71.1 Å². The fraction of sp³-hybridized carbons (Fsp3) is 0.684. The number of rotatable bonds is 14. The quantitative estimate of drug-likeness (QED) is 0.0690. The first kappa shape index (κ1) is 48.0. The van der Waals surface area contributed by atoms with Crippen molar-refractivity contribution in [3.8, 4) is 24.7 Å². The summed E-state index contributed by atoms with van der Waals surface area (Å²) in [5.41, 5.74) is 1.59. The summed E-state index contributed by atoms with van der Waals surface area (Å²) < 4.78 is 4.75. The van der Waals surface area contributed by atoms with Crippen molar-refractivity contribution in [2.24, 2.45) is 17.0 Å². The number of methoxy groups -OCH3 is 1. The lowest BCUT2D eigenvalue weighted by Crippen LogP contribution is -1.94. The van der Waals surface area contributed by atoms with E-state index >= 15 is 0 Å². The number of hydrogen-bond donors (Lipinski definition) is 1. The first-order valence-electron chi connectivity index (χ1n) is 16.4. The van der Waals surface area contributed by atoms with Gasteiger partial charge in [0.2, 0.25) is 0 Å². The lowest BCUT2D eigenvalue weighted by molar-refractivity contribution is -0.122. The normalized spacial score (nSPS) is 13.0. The number of hydrogen-bond acceptors (Lipinski definition) is 5. The van der Waals surface area contributed by atoms with Gasteiger partial charge in [-0.25, -0.2) is 0 Å². The van der Waals surface area contributed by atoms with Crippen LogP contribution in [0, 0.1) is 41.4 Å². The third-order valence-corrected chi connectivity index (χ3v) is 6.91. The molecule has 252 valence electrons. The predicted octanol–water partition coefficient (Wildman–Crippen LogP) is 10.5. The molecule has 0 aromatic carbocycles. The Balaban J connectivity index is -0.000000246. The summed E-state index contributed by atoms with van der Waals surface area (Å²) in [5, 5.41) is 9.14. The number of allylic oxidation sites excluding steroid dienone is 6. The van der Waals surface area contributed by atoms with Crippen LogP contribution in [0.1, 0.15) is 137 Å². The molecule has 1 fully saturated rings. The Morgan fingerprint density at radius 2 is 1.61 bits per heavy atom. The molecule has 0 atom stereocenters. The molecule has 6 nitrogen and oxygen atoms in total. The van der Waals surface area contributed by atoms with Crippen molar-refractivity contribution >= 4 is 12.8 Å². The minimum atomic E-state index is -0.250. The minimum absolute atomic E-state index is 0.250. The first-order valence-corrected chi connectivity index (χ1v) is 16.4. The summed E-state index contributed by atoms with van der Waals surface area (Å²) in [4.78, 5) is 26.7. The van der Waals surface area contributed by atoms with Crippen molar-refractivity contribution in [2.45, 2.75) is 143 Å². The Labute approximate surface area is 271 Å². The molecule has 0 unspecified atom stereocenters. The zero-order valence-corrected chi connectivity index (χ0v) is 29.0. The molecule has 2 aliphatic carbocycles. The SMILES string of the molecule is C#CCC(CC)CC#C.C/C=C\CCCC=O.C1=CC(CCCCCC2CCCC2)=CCC1.CN=O.COC(C)C.O=CO. The molecule has 0 bridgehead atoms. The zero-order valence-electron chi connectivity index (χ0n) is 29.0. The Morgan fingerprint density at radius 3 is 2.02 bits per heavy atom. The number of carbonyl (C=O) groups excluding carboxylic acids is 1. The van der Waals surface area contributed by atoms with E-state index in [0.717, 1.165) is 44.3 Å². The topological polar surface area (TPSA) is 93.0 Å². The van der Waals surface area contributed by atoms with Gasteiger partial charge in [-0.2, -0.15) is 4.91 Å². The van der Waals surface area contributed by atoms with Crippen LogP contribution in [0.2, 0.25) is 0 Å². The van der Waals surface area contributed by atoms with Crippen molar-refractivity contribution in [1.82, 2.24) is 0 Å². The number of ether oxygens (including phenoxy) is 1. The van der Waals surface area contributed by atoms with Gasteiger partial charge in [0, 0.05) is 26.4 Å². The van der Waals surface area contributed by atoms with E-state index in [9.17, 15) is 4.79 Å². The average Bonchev–Trinajstić information content (AvgIpc) is 3.55. The van der Waals surface area contributed by atoms with Crippen molar-refractivity contribution in [3.63, 3.8) is 0 Å². The Morgan fingerprint density at radius 1 is 1.05 bits per heavy atom. The maximum absolute atomic E-state index is 9.74. The van der Waals surface area contributed by atoms with E-state index in [1.165, 1.54) is 77.7 Å². The largest absolute Gasteiger partial charge is 0.483 e. The van der Waals surface area contributed by atoms with Crippen molar-refractivity contribution in [2.75, 3.05) is 14.2 Å². The second-order valence-corrected chi connectivity index (χ2v) is 10.8. The van der Waals surface area contributed by atoms with E-state index in [1.807, 2.05) is 26.8 Å². The van der Waals surface area contributed by atoms with E-state index in [2.05, 4.69) is 48.2 Å². The van der Waals surface area contributed by atoms with Crippen LogP contribution in [0.4, 0.5) is 0 Å². The number of unbranched alkanes of at least 4 members (excludes halogenated alkanes) is 4. The minimum Gasteiger partial charge on any atom is -0.483 e. The number of nitroso groups, excluding NO2 is 1. The van der Waals surface area contributed by atoms with E-state index in [0.29, 0.717) is 18.4 Å². The standard InChI is InChI=1S/C16H26.C9H12.C7H12O.C4H10O.CH3NO.CH2O2/c1-3-9-15(10-4-1)11-5-2-6-12-16-13-7-8-14-16;1-4-7-9(6-3)8-5-2;1-2-3-4-5-6-7-8;1-4(2)5-3;1-2-3;2-1-3/h3,9-10,16H,1-2,4-8,11-14H2;1-2,9H,6-8H2,3H3;2-3,7H,4-6H2,1H3;4H,1-3H3;1H3;1H,(H,2,3)/b;;3-2-;;;. The van der Waals surface area contributed by atoms with Gasteiger partial charge in [0.25, 0.3) is 6.47 Å². The molecule has 6 heteroatoms. The highest BCUT2D eigenvalue weighted by Crippen LogP contribution is 2.29. The van der Waals surface area contributed by atoms with E-state index in [4.69, 9.17) is 32.4 Å². The first-order chi connectivity index (χ1) is 21.3. The molecule has 0 aromatic heterocycles. The maximum atomic E-state index is 9.74. The Bertz CT molecular complexity index is 758. The zero-order chi connectivity index (χ0) is 34.1. The maximum Gasteiger partial charge on any atom is 0.290 e. The molecule has 0 radical (unpaired) electrons. The molecule has 0 saturated heterocycles. The van der Waals surface area contributed by atoms with Crippen LogP contribution in [0.3, 0.4) is 0 Å². The van der Waals surface area contributed by atoms with Gasteiger partial charge in [-0.15, -0.1) is 24.7 Å². The van der Waals surface area contributed by atoms with E-state index in [1.54, 1.807) is 12.7 Å². The van der Waals surface area contributed by atoms with Crippen molar-refractivity contribution in [1.29, 1.82) is 0 Å². The van der Waals surface area contributed by atoms with Crippen LogP contribution >= 0.6 is 0 Å². The van der Waals surface area contributed by atoms with Gasteiger partial charge in [-0.3, -0.25) is 4.79 Å². The summed E-state index contributed by atoms with van der Waals surface area (Å²) in [6.45, 7) is 7.85. The molecule has 0 aromatic rings. The van der Waals surface area contributed by atoms with Gasteiger partial charge in [0.1, 0.15) is 6.29 Å². The second kappa shape index (κ2) is 44.5. The highest BCUT2D eigenvalue weighted by Gasteiger charge is 2.13. The molecule has 44 heavy (non-hydrogen) atoms. The van der Waals surface area contributed by atoms with Crippen LogP contribution in [0.25, 0.3) is 0 Å². The van der Waals surface area contributed by atoms with Crippen LogP contribution in [-0.2, 0) is 14.3 Å². The smallest absolute Gasteiger partial charge is 0.290 e. The number of terminal acetylenes is 2. The summed E-state index contributed by atoms with van der Waals surface area (Å²) in [6, 6.07) is 0. The number of carbonyl (C=O) groups is 2. The van der Waals surface area contributed by atoms with Crippen molar-refractivity contribution in [3.05, 3.63) is 40.9 Å². The summed E-state index contributed by atoms with van der Waals surface area (Å²) >= 11 is 0. The molecule has 1 N–H and O–H groups in total. The molecule has 0 amide bonds. The van der Waals surface area contributed by atoms with Gasteiger partial charge < -0.3 is 14.6 Å². The Kier molecular flexibility index (Phi) is 48.5. The third-order valence-electron chi connectivity index (χ3n) is 6.91. The molecule has 0 spiro atoms.